The monoisotopic (exact) mass is 279 g/mol. The molecular formula is C18H21N3. The first-order chi connectivity index (χ1) is 10.3. The summed E-state index contributed by atoms with van der Waals surface area (Å²) >= 11 is 0. The molecule has 1 N–H and O–H groups in total. The fourth-order valence-corrected chi connectivity index (χ4v) is 2.81. The van der Waals surface area contributed by atoms with Gasteiger partial charge in [0.2, 0.25) is 0 Å². The van der Waals surface area contributed by atoms with E-state index in [9.17, 15) is 0 Å². The van der Waals surface area contributed by atoms with Gasteiger partial charge >= 0.3 is 0 Å². The Labute approximate surface area is 125 Å². The molecule has 0 saturated carbocycles. The zero-order valence-corrected chi connectivity index (χ0v) is 12.6. The Hall–Kier alpha value is -2.13. The van der Waals surface area contributed by atoms with E-state index in [2.05, 4.69) is 64.3 Å². The van der Waals surface area contributed by atoms with Gasteiger partial charge in [0.25, 0.3) is 0 Å². The van der Waals surface area contributed by atoms with E-state index in [1.54, 1.807) is 0 Å². The van der Waals surface area contributed by atoms with Crippen molar-refractivity contribution in [1.29, 1.82) is 0 Å². The topological polar surface area (TPSA) is 29.9 Å². The molecule has 0 amide bonds. The zero-order chi connectivity index (χ0) is 14.7. The highest BCUT2D eigenvalue weighted by Crippen LogP contribution is 2.28. The second-order valence-electron chi connectivity index (χ2n) is 5.38. The molecule has 1 aromatic heterocycles. The van der Waals surface area contributed by atoms with E-state index >= 15 is 0 Å². The third-order valence-electron chi connectivity index (χ3n) is 3.88. The van der Waals surface area contributed by atoms with Crippen LogP contribution < -0.4 is 5.32 Å². The molecule has 1 heterocycles. The van der Waals surface area contributed by atoms with E-state index in [4.69, 9.17) is 0 Å². The molecule has 0 spiro atoms. The van der Waals surface area contributed by atoms with Crippen LogP contribution in [0, 0.1) is 0 Å². The average Bonchev–Trinajstić information content (AvgIpc) is 2.94. The Morgan fingerprint density at radius 3 is 2.71 bits per heavy atom. The van der Waals surface area contributed by atoms with Crippen molar-refractivity contribution in [2.45, 2.75) is 19.4 Å². The molecule has 0 radical (unpaired) electrons. The lowest BCUT2D eigenvalue weighted by Crippen LogP contribution is -2.25. The van der Waals surface area contributed by atoms with Gasteiger partial charge in [-0.25, -0.2) is 4.98 Å². The second-order valence-corrected chi connectivity index (χ2v) is 5.38. The highest BCUT2D eigenvalue weighted by Gasteiger charge is 2.18. The van der Waals surface area contributed by atoms with Crippen molar-refractivity contribution >= 4 is 10.8 Å². The van der Waals surface area contributed by atoms with Gasteiger partial charge in [0.15, 0.2) is 0 Å². The SMILES string of the molecule is CCCNC(c1cccc2ccccc12)c1cncn1C. The lowest BCUT2D eigenvalue weighted by atomic mass is 9.96. The summed E-state index contributed by atoms with van der Waals surface area (Å²) in [4.78, 5) is 4.28. The van der Waals surface area contributed by atoms with Gasteiger partial charge in [-0.3, -0.25) is 0 Å². The molecule has 3 rings (SSSR count). The molecule has 21 heavy (non-hydrogen) atoms. The van der Waals surface area contributed by atoms with Crippen molar-refractivity contribution in [3.63, 3.8) is 0 Å². The lowest BCUT2D eigenvalue weighted by molar-refractivity contribution is 0.572. The minimum absolute atomic E-state index is 0.170. The smallest absolute Gasteiger partial charge is 0.0946 e. The number of nitrogens with zero attached hydrogens (tertiary/aromatic N) is 2. The summed E-state index contributed by atoms with van der Waals surface area (Å²) < 4.78 is 2.09. The van der Waals surface area contributed by atoms with E-state index in [0.717, 1.165) is 13.0 Å². The van der Waals surface area contributed by atoms with Gasteiger partial charge in [-0.1, -0.05) is 49.4 Å². The number of rotatable bonds is 5. The van der Waals surface area contributed by atoms with Crippen LogP contribution in [-0.2, 0) is 7.05 Å². The molecule has 3 aromatic rings. The maximum atomic E-state index is 4.28. The number of aryl methyl sites for hydroxylation is 1. The first kappa shape index (κ1) is 13.8. The Morgan fingerprint density at radius 1 is 1.14 bits per heavy atom. The van der Waals surface area contributed by atoms with Crippen LogP contribution in [-0.4, -0.2) is 16.1 Å². The first-order valence-corrected chi connectivity index (χ1v) is 7.48. The largest absolute Gasteiger partial charge is 0.336 e. The fourth-order valence-electron chi connectivity index (χ4n) is 2.81. The van der Waals surface area contributed by atoms with Crippen LogP contribution in [0.5, 0.6) is 0 Å². The summed E-state index contributed by atoms with van der Waals surface area (Å²) in [5, 5.41) is 6.24. The molecule has 2 aromatic carbocycles. The Balaban J connectivity index is 2.12. The first-order valence-electron chi connectivity index (χ1n) is 7.48. The predicted octanol–water partition coefficient (Wildman–Crippen LogP) is 3.66. The highest BCUT2D eigenvalue weighted by atomic mass is 15.1. The molecule has 3 heteroatoms. The fraction of sp³-hybridized carbons (Fsp3) is 0.278. The van der Waals surface area contributed by atoms with E-state index in [-0.39, 0.29) is 6.04 Å². The molecule has 1 atom stereocenters. The van der Waals surface area contributed by atoms with Gasteiger partial charge in [0.05, 0.1) is 24.3 Å². The Bertz CT molecular complexity index is 725. The van der Waals surface area contributed by atoms with Gasteiger partial charge in [0.1, 0.15) is 0 Å². The van der Waals surface area contributed by atoms with Crippen molar-refractivity contribution < 1.29 is 0 Å². The van der Waals surface area contributed by atoms with Crippen molar-refractivity contribution in [3.8, 4) is 0 Å². The van der Waals surface area contributed by atoms with E-state index in [0.29, 0.717) is 0 Å². The quantitative estimate of drug-likeness (QED) is 0.772. The number of benzene rings is 2. The van der Waals surface area contributed by atoms with Crippen LogP contribution in [0.2, 0.25) is 0 Å². The molecule has 0 aliphatic heterocycles. The standard InChI is InChI=1S/C18H21N3/c1-3-11-20-18(17-12-19-13-21(17)2)16-10-6-8-14-7-4-5-9-15(14)16/h4-10,12-13,18,20H,3,11H2,1-2H3. The van der Waals surface area contributed by atoms with Gasteiger partial charge in [-0.2, -0.15) is 0 Å². The third kappa shape index (κ3) is 2.69. The number of aromatic nitrogens is 2. The van der Waals surface area contributed by atoms with Gasteiger partial charge in [0, 0.05) is 7.05 Å². The highest BCUT2D eigenvalue weighted by molar-refractivity contribution is 5.86. The summed E-state index contributed by atoms with van der Waals surface area (Å²) in [5.41, 5.74) is 2.50. The molecule has 3 nitrogen and oxygen atoms in total. The van der Waals surface area contributed by atoms with Crippen LogP contribution in [0.1, 0.15) is 30.6 Å². The normalized spacial score (nSPS) is 12.7. The molecule has 0 aliphatic rings. The molecule has 108 valence electrons. The number of imidazole rings is 1. The molecule has 0 fully saturated rings. The molecular weight excluding hydrogens is 258 g/mol. The number of fused-ring (bicyclic) bond motifs is 1. The average molecular weight is 279 g/mol. The van der Waals surface area contributed by atoms with Crippen LogP contribution >= 0.6 is 0 Å². The molecule has 0 aliphatic carbocycles. The maximum Gasteiger partial charge on any atom is 0.0946 e. The van der Waals surface area contributed by atoms with Gasteiger partial charge in [-0.15, -0.1) is 0 Å². The number of nitrogens with one attached hydrogen (secondary N) is 1. The van der Waals surface area contributed by atoms with Crippen LogP contribution in [0.15, 0.2) is 55.0 Å². The number of hydrogen-bond acceptors (Lipinski definition) is 2. The van der Waals surface area contributed by atoms with Gasteiger partial charge < -0.3 is 9.88 Å². The number of hydrogen-bond donors (Lipinski definition) is 1. The van der Waals surface area contributed by atoms with Crippen LogP contribution in [0.4, 0.5) is 0 Å². The zero-order valence-electron chi connectivity index (χ0n) is 12.6. The minimum Gasteiger partial charge on any atom is -0.336 e. The summed E-state index contributed by atoms with van der Waals surface area (Å²) in [5.74, 6) is 0. The third-order valence-corrected chi connectivity index (χ3v) is 3.88. The summed E-state index contributed by atoms with van der Waals surface area (Å²) in [7, 11) is 2.05. The predicted molar refractivity (Wildman–Crippen MR) is 87.3 cm³/mol. The molecule has 0 saturated heterocycles. The summed E-state index contributed by atoms with van der Waals surface area (Å²) in [6.45, 7) is 3.18. The molecule has 1 unspecified atom stereocenters. The summed E-state index contributed by atoms with van der Waals surface area (Å²) in [6.07, 6.45) is 4.93. The van der Waals surface area contributed by atoms with Crippen LogP contribution in [0.25, 0.3) is 10.8 Å². The van der Waals surface area contributed by atoms with E-state index < -0.39 is 0 Å². The van der Waals surface area contributed by atoms with Crippen LogP contribution in [0.3, 0.4) is 0 Å². The van der Waals surface area contributed by atoms with Crippen molar-refractivity contribution in [3.05, 3.63) is 66.2 Å². The second kappa shape index (κ2) is 6.10. The van der Waals surface area contributed by atoms with E-state index in [1.807, 2.05) is 19.6 Å². The van der Waals surface area contributed by atoms with Crippen molar-refractivity contribution in [2.75, 3.05) is 6.54 Å². The maximum absolute atomic E-state index is 4.28. The Morgan fingerprint density at radius 2 is 1.95 bits per heavy atom. The lowest BCUT2D eigenvalue weighted by Gasteiger charge is -2.21. The van der Waals surface area contributed by atoms with Crippen molar-refractivity contribution in [1.82, 2.24) is 14.9 Å². The van der Waals surface area contributed by atoms with E-state index in [1.165, 1.54) is 22.0 Å². The minimum atomic E-state index is 0.170. The molecule has 0 bridgehead atoms. The Kier molecular flexibility index (Phi) is 4.02. The summed E-state index contributed by atoms with van der Waals surface area (Å²) in [6, 6.07) is 15.2. The van der Waals surface area contributed by atoms with Crippen molar-refractivity contribution in [2.24, 2.45) is 7.05 Å². The van der Waals surface area contributed by atoms with Gasteiger partial charge in [-0.05, 0) is 29.3 Å².